The third-order valence-corrected chi connectivity index (χ3v) is 5.74. The Balaban J connectivity index is 2.06. The number of ketones is 1. The van der Waals surface area contributed by atoms with Crippen LogP contribution in [0.3, 0.4) is 0 Å². The molecule has 34 heavy (non-hydrogen) atoms. The molecule has 0 amide bonds. The second-order valence-corrected chi connectivity index (χ2v) is 7.98. The molecule has 4 N–H and O–H groups in total. The van der Waals surface area contributed by atoms with E-state index in [1.54, 1.807) is 30.3 Å². The van der Waals surface area contributed by atoms with Crippen molar-refractivity contribution in [1.82, 2.24) is 24.0 Å². The number of benzene rings is 1. The number of esters is 1. The van der Waals surface area contributed by atoms with Crippen LogP contribution < -0.4 is 28.4 Å². The van der Waals surface area contributed by atoms with E-state index in [9.17, 15) is 24.0 Å². The molecule has 13 nitrogen and oxygen atoms in total. The van der Waals surface area contributed by atoms with Gasteiger partial charge in [-0.3, -0.25) is 23.7 Å². The average Bonchev–Trinajstić information content (AvgIpc) is 2.83. The van der Waals surface area contributed by atoms with Crippen LogP contribution in [0.25, 0.3) is 0 Å². The number of aromatic nitrogens is 5. The maximum absolute atomic E-state index is 13.0. The predicted octanol–water partition coefficient (Wildman–Crippen LogP) is -1.24. The Labute approximate surface area is 195 Å². The van der Waals surface area contributed by atoms with Gasteiger partial charge in [-0.05, 0) is 12.5 Å². The fourth-order valence-corrected chi connectivity index (χ4v) is 3.72. The van der Waals surface area contributed by atoms with Gasteiger partial charge in [0.2, 0.25) is 5.16 Å². The SMILES string of the molecule is COC(=O)Cn1c(=O)c(C(=O)CSc2nnc(C)c(=O)n2N)c(N)n(Cc2ccccc2)c1=O. The van der Waals surface area contributed by atoms with Gasteiger partial charge in [-0.2, -0.15) is 4.68 Å². The molecule has 0 radical (unpaired) electrons. The second-order valence-electron chi connectivity index (χ2n) is 7.04. The number of thioether (sulfide) groups is 1. The van der Waals surface area contributed by atoms with Gasteiger partial charge in [-0.15, -0.1) is 10.2 Å². The lowest BCUT2D eigenvalue weighted by Gasteiger charge is -2.16. The number of hydrogen-bond acceptors (Lipinski definition) is 11. The van der Waals surface area contributed by atoms with Gasteiger partial charge in [-0.1, -0.05) is 42.1 Å². The van der Waals surface area contributed by atoms with Gasteiger partial charge < -0.3 is 16.3 Å². The molecule has 0 spiro atoms. The molecule has 0 saturated carbocycles. The summed E-state index contributed by atoms with van der Waals surface area (Å²) in [6, 6.07) is 8.74. The monoisotopic (exact) mass is 487 g/mol. The molecule has 0 aliphatic carbocycles. The third-order valence-electron chi connectivity index (χ3n) is 4.80. The summed E-state index contributed by atoms with van der Waals surface area (Å²) in [7, 11) is 1.10. The molecule has 2 aromatic heterocycles. The first-order valence-electron chi connectivity index (χ1n) is 9.77. The lowest BCUT2D eigenvalue weighted by atomic mass is 10.2. The van der Waals surface area contributed by atoms with Gasteiger partial charge in [0, 0.05) is 0 Å². The fraction of sp³-hybridized carbons (Fsp3) is 0.250. The molecule has 178 valence electrons. The molecule has 0 aliphatic heterocycles. The largest absolute Gasteiger partial charge is 0.468 e. The number of nitrogen functional groups attached to an aromatic ring is 2. The molecule has 0 unspecified atom stereocenters. The molecular formula is C20H21N7O6S. The van der Waals surface area contributed by atoms with Crippen LogP contribution in [0.1, 0.15) is 21.6 Å². The van der Waals surface area contributed by atoms with Crippen LogP contribution in [0.5, 0.6) is 0 Å². The second kappa shape index (κ2) is 10.2. The van der Waals surface area contributed by atoms with E-state index in [-0.39, 0.29) is 23.2 Å². The van der Waals surface area contributed by atoms with E-state index in [1.165, 1.54) is 6.92 Å². The number of hydrogen-bond donors (Lipinski definition) is 2. The highest BCUT2D eigenvalue weighted by molar-refractivity contribution is 7.99. The normalized spacial score (nSPS) is 10.8. The molecule has 0 aliphatic rings. The number of rotatable bonds is 8. The first-order chi connectivity index (χ1) is 16.1. The van der Waals surface area contributed by atoms with E-state index in [4.69, 9.17) is 11.6 Å². The Morgan fingerprint density at radius 1 is 1.06 bits per heavy atom. The Bertz CT molecular complexity index is 1430. The maximum Gasteiger partial charge on any atom is 0.333 e. The summed E-state index contributed by atoms with van der Waals surface area (Å²) in [4.78, 5) is 62.8. The number of nitrogens with two attached hydrogens (primary N) is 2. The zero-order valence-electron chi connectivity index (χ0n) is 18.3. The molecular weight excluding hydrogens is 466 g/mol. The van der Waals surface area contributed by atoms with Crippen LogP contribution in [0.2, 0.25) is 0 Å². The summed E-state index contributed by atoms with van der Waals surface area (Å²) in [6.07, 6.45) is 0. The molecule has 14 heteroatoms. The zero-order chi connectivity index (χ0) is 25.0. The lowest BCUT2D eigenvalue weighted by Crippen LogP contribution is -2.45. The minimum atomic E-state index is -1.04. The van der Waals surface area contributed by atoms with Gasteiger partial charge in [0.1, 0.15) is 23.6 Å². The van der Waals surface area contributed by atoms with Gasteiger partial charge in [0.05, 0.1) is 19.4 Å². The highest BCUT2D eigenvalue weighted by atomic mass is 32.2. The van der Waals surface area contributed by atoms with Crippen molar-refractivity contribution in [3.63, 3.8) is 0 Å². The fourth-order valence-electron chi connectivity index (χ4n) is 3.00. The van der Waals surface area contributed by atoms with E-state index in [2.05, 4.69) is 14.9 Å². The Hall–Kier alpha value is -4.20. The molecule has 0 saturated heterocycles. The summed E-state index contributed by atoms with van der Waals surface area (Å²) in [5, 5.41) is 7.38. The smallest absolute Gasteiger partial charge is 0.333 e. The number of carbonyl (C=O) groups is 2. The van der Waals surface area contributed by atoms with Crippen molar-refractivity contribution in [2.45, 2.75) is 25.2 Å². The number of anilines is 1. The summed E-state index contributed by atoms with van der Waals surface area (Å²) in [6.45, 7) is 0.674. The predicted molar refractivity (Wildman–Crippen MR) is 123 cm³/mol. The molecule has 2 heterocycles. The lowest BCUT2D eigenvalue weighted by molar-refractivity contribution is -0.141. The third kappa shape index (κ3) is 4.91. The summed E-state index contributed by atoms with van der Waals surface area (Å²) in [5.41, 5.74) is 3.85. The van der Waals surface area contributed by atoms with E-state index < -0.39 is 46.4 Å². The summed E-state index contributed by atoms with van der Waals surface area (Å²) in [5.74, 6) is 3.31. The Kier molecular flexibility index (Phi) is 7.31. The van der Waals surface area contributed by atoms with Crippen LogP contribution in [0.15, 0.2) is 49.9 Å². The Morgan fingerprint density at radius 2 is 1.74 bits per heavy atom. The van der Waals surface area contributed by atoms with E-state index in [1.807, 2.05) is 0 Å². The van der Waals surface area contributed by atoms with Crippen molar-refractivity contribution in [1.29, 1.82) is 0 Å². The van der Waals surface area contributed by atoms with Crippen LogP contribution >= 0.6 is 11.8 Å². The molecule has 0 fully saturated rings. The van der Waals surface area contributed by atoms with Gasteiger partial charge in [0.15, 0.2) is 5.78 Å². The molecule has 1 aromatic carbocycles. The molecule has 0 atom stereocenters. The number of carbonyl (C=O) groups excluding carboxylic acids is 2. The maximum atomic E-state index is 13.0. The van der Waals surface area contributed by atoms with Crippen molar-refractivity contribution >= 4 is 29.3 Å². The topological polar surface area (TPSA) is 187 Å². The van der Waals surface area contributed by atoms with Gasteiger partial charge >= 0.3 is 11.7 Å². The molecule has 0 bridgehead atoms. The highest BCUT2D eigenvalue weighted by Crippen LogP contribution is 2.16. The quantitative estimate of drug-likeness (QED) is 0.167. The first-order valence-corrected chi connectivity index (χ1v) is 10.8. The number of Topliss-reactive ketones (excluding diaryl/α,β-unsaturated/α-hetero) is 1. The van der Waals surface area contributed by atoms with Gasteiger partial charge in [-0.25, -0.2) is 9.36 Å². The standard InChI is InChI=1S/C20H21N7O6S/c1-11-17(30)27(22)19(24-23-11)34-10-13(28)15-16(21)25(8-12-6-4-3-5-7-12)20(32)26(18(15)31)9-14(29)33-2/h3-7H,8-10,21-22H2,1-2H3. The van der Waals surface area contributed by atoms with E-state index >= 15 is 0 Å². The van der Waals surface area contributed by atoms with Crippen molar-refractivity contribution in [3.05, 3.63) is 78.3 Å². The number of methoxy groups -OCH3 is 1. The summed E-state index contributed by atoms with van der Waals surface area (Å²) >= 11 is 0.761. The van der Waals surface area contributed by atoms with Crippen LogP contribution in [-0.2, 0) is 22.6 Å². The first kappa shape index (κ1) is 24.4. The van der Waals surface area contributed by atoms with Crippen LogP contribution in [0, 0.1) is 6.92 Å². The number of nitrogens with zero attached hydrogens (tertiary/aromatic N) is 5. The highest BCUT2D eigenvalue weighted by Gasteiger charge is 2.25. The van der Waals surface area contributed by atoms with Crippen LogP contribution in [0.4, 0.5) is 5.82 Å². The van der Waals surface area contributed by atoms with Crippen LogP contribution in [-0.4, -0.2) is 48.6 Å². The van der Waals surface area contributed by atoms with Crippen molar-refractivity contribution in [3.8, 4) is 0 Å². The Morgan fingerprint density at radius 3 is 2.38 bits per heavy atom. The van der Waals surface area contributed by atoms with E-state index in [0.717, 1.165) is 28.1 Å². The minimum absolute atomic E-state index is 0.0494. The summed E-state index contributed by atoms with van der Waals surface area (Å²) < 4.78 is 6.92. The number of aryl methyl sites for hydroxylation is 1. The van der Waals surface area contributed by atoms with Crippen molar-refractivity contribution in [2.24, 2.45) is 0 Å². The van der Waals surface area contributed by atoms with Crippen molar-refractivity contribution in [2.75, 3.05) is 24.4 Å². The van der Waals surface area contributed by atoms with Crippen molar-refractivity contribution < 1.29 is 14.3 Å². The molecule has 3 rings (SSSR count). The number of ether oxygens (including phenoxy) is 1. The average molecular weight is 487 g/mol. The van der Waals surface area contributed by atoms with E-state index in [0.29, 0.717) is 10.1 Å². The van der Waals surface area contributed by atoms with Gasteiger partial charge in [0.25, 0.3) is 11.1 Å². The molecule has 3 aromatic rings. The zero-order valence-corrected chi connectivity index (χ0v) is 19.1. The minimum Gasteiger partial charge on any atom is -0.468 e.